The van der Waals surface area contributed by atoms with Gasteiger partial charge in [0.05, 0.1) is 18.4 Å². The second-order valence-electron chi connectivity index (χ2n) is 7.16. The zero-order chi connectivity index (χ0) is 21.1. The maximum atomic E-state index is 6.57. The lowest BCUT2D eigenvalue weighted by molar-refractivity contribution is -0.0845. The van der Waals surface area contributed by atoms with Crippen molar-refractivity contribution >= 4 is 11.6 Å². The van der Waals surface area contributed by atoms with Crippen LogP contribution < -0.4 is 9.47 Å². The second-order valence-corrected chi connectivity index (χ2v) is 7.16. The van der Waals surface area contributed by atoms with Crippen LogP contribution >= 0.6 is 0 Å². The summed E-state index contributed by atoms with van der Waals surface area (Å²) in [6, 6.07) is 35.2. The molecule has 4 nitrogen and oxygen atoms in total. The monoisotopic (exact) mass is 407 g/mol. The van der Waals surface area contributed by atoms with Gasteiger partial charge in [-0.25, -0.2) is 4.99 Å². The van der Waals surface area contributed by atoms with Crippen molar-refractivity contribution in [3.8, 4) is 11.5 Å². The summed E-state index contributed by atoms with van der Waals surface area (Å²) >= 11 is 0. The molecule has 0 saturated heterocycles. The number of hydrogen-bond donors (Lipinski definition) is 0. The molecule has 5 rings (SSSR count). The van der Waals surface area contributed by atoms with Gasteiger partial charge in [0.25, 0.3) is 0 Å². The van der Waals surface area contributed by atoms with Gasteiger partial charge in [0.15, 0.2) is 0 Å². The summed E-state index contributed by atoms with van der Waals surface area (Å²) in [6.07, 6.45) is 0. The molecule has 31 heavy (non-hydrogen) atoms. The molecule has 0 bridgehead atoms. The minimum Gasteiger partial charge on any atom is -0.497 e. The Morgan fingerprint density at radius 3 is 2.03 bits per heavy atom. The number of benzene rings is 4. The van der Waals surface area contributed by atoms with E-state index in [9.17, 15) is 0 Å². The first-order chi connectivity index (χ1) is 15.3. The molecular weight excluding hydrogens is 386 g/mol. The van der Waals surface area contributed by atoms with Crippen LogP contribution in [0, 0.1) is 0 Å². The van der Waals surface area contributed by atoms with Gasteiger partial charge in [0.1, 0.15) is 11.5 Å². The highest BCUT2D eigenvalue weighted by Crippen LogP contribution is 2.44. The van der Waals surface area contributed by atoms with Crippen LogP contribution in [0.2, 0.25) is 0 Å². The average molecular weight is 407 g/mol. The molecule has 0 saturated carbocycles. The molecule has 4 aromatic carbocycles. The molecule has 0 fully saturated rings. The number of fused-ring (bicyclic) bond motifs is 1. The molecule has 1 aliphatic heterocycles. The lowest BCUT2D eigenvalue weighted by Crippen LogP contribution is -2.34. The summed E-state index contributed by atoms with van der Waals surface area (Å²) in [7, 11) is 1.65. The van der Waals surface area contributed by atoms with E-state index in [1.54, 1.807) is 7.11 Å². The summed E-state index contributed by atoms with van der Waals surface area (Å²) in [5.41, 5.74) is 3.48. The van der Waals surface area contributed by atoms with E-state index in [-0.39, 0.29) is 0 Å². The first-order valence-electron chi connectivity index (χ1n) is 10.1. The summed E-state index contributed by atoms with van der Waals surface area (Å²) in [4.78, 5) is 4.80. The third-order valence-electron chi connectivity index (χ3n) is 5.21. The predicted molar refractivity (Wildman–Crippen MR) is 121 cm³/mol. The van der Waals surface area contributed by atoms with Crippen molar-refractivity contribution in [3.63, 3.8) is 0 Å². The summed E-state index contributed by atoms with van der Waals surface area (Å²) in [6.45, 7) is 0. The summed E-state index contributed by atoms with van der Waals surface area (Å²) in [5, 5.41) is 0. The van der Waals surface area contributed by atoms with Crippen LogP contribution in [0.5, 0.6) is 11.5 Å². The highest BCUT2D eigenvalue weighted by atomic mass is 16.7. The summed E-state index contributed by atoms with van der Waals surface area (Å²) in [5.74, 6) is 0.875. The van der Waals surface area contributed by atoms with Gasteiger partial charge >= 0.3 is 5.79 Å². The first kappa shape index (κ1) is 18.9. The van der Waals surface area contributed by atoms with Gasteiger partial charge < -0.3 is 14.2 Å². The molecular formula is C27H21NO3. The largest absolute Gasteiger partial charge is 0.497 e. The van der Waals surface area contributed by atoms with Crippen molar-refractivity contribution < 1.29 is 14.2 Å². The molecule has 1 heterocycles. The molecule has 1 aliphatic rings. The van der Waals surface area contributed by atoms with Crippen LogP contribution in [0.4, 0.5) is 5.69 Å². The van der Waals surface area contributed by atoms with Gasteiger partial charge in [0, 0.05) is 11.1 Å². The Morgan fingerprint density at radius 1 is 0.677 bits per heavy atom. The van der Waals surface area contributed by atoms with Gasteiger partial charge in [-0.15, -0.1) is 0 Å². The maximum Gasteiger partial charge on any atom is 0.307 e. The van der Waals surface area contributed by atoms with Crippen LogP contribution in [0.3, 0.4) is 0 Å². The van der Waals surface area contributed by atoms with E-state index in [1.165, 1.54) is 0 Å². The zero-order valence-corrected chi connectivity index (χ0v) is 17.1. The van der Waals surface area contributed by atoms with E-state index < -0.39 is 5.79 Å². The molecule has 0 aromatic heterocycles. The van der Waals surface area contributed by atoms with Crippen LogP contribution in [0.25, 0.3) is 0 Å². The van der Waals surface area contributed by atoms with Crippen molar-refractivity contribution in [1.29, 1.82) is 0 Å². The molecule has 0 spiro atoms. The van der Waals surface area contributed by atoms with Gasteiger partial charge in [-0.3, -0.25) is 0 Å². The van der Waals surface area contributed by atoms with Gasteiger partial charge in [-0.05, 0) is 42.5 Å². The zero-order valence-electron chi connectivity index (χ0n) is 17.1. The normalized spacial score (nSPS) is 18.3. The number of hydrogen-bond acceptors (Lipinski definition) is 4. The number of para-hydroxylation sites is 1. The minimum absolute atomic E-state index is 0.514. The SMILES string of the molecule is COc1ccc(N=C2OC(Oc3ccccc3)(c3ccccc3)c3ccccc32)cc1. The fourth-order valence-electron chi connectivity index (χ4n) is 3.72. The molecule has 4 heteroatoms. The highest BCUT2D eigenvalue weighted by molar-refractivity contribution is 6.00. The Balaban J connectivity index is 1.65. The second kappa shape index (κ2) is 8.00. The topological polar surface area (TPSA) is 40.0 Å². The number of methoxy groups -OCH3 is 1. The highest BCUT2D eigenvalue weighted by Gasteiger charge is 2.48. The molecule has 0 amide bonds. The Labute approximate surface area is 181 Å². The van der Waals surface area contributed by atoms with E-state index in [4.69, 9.17) is 19.2 Å². The fraction of sp³-hybridized carbons (Fsp3) is 0.0741. The smallest absolute Gasteiger partial charge is 0.307 e. The number of nitrogens with zero attached hydrogens (tertiary/aromatic N) is 1. The van der Waals surface area contributed by atoms with E-state index in [1.807, 2.05) is 109 Å². The van der Waals surface area contributed by atoms with Crippen molar-refractivity contribution in [2.45, 2.75) is 5.79 Å². The fourth-order valence-corrected chi connectivity index (χ4v) is 3.72. The van der Waals surface area contributed by atoms with Crippen molar-refractivity contribution in [1.82, 2.24) is 0 Å². The Morgan fingerprint density at radius 2 is 1.32 bits per heavy atom. The maximum absolute atomic E-state index is 6.57. The number of ether oxygens (including phenoxy) is 3. The quantitative estimate of drug-likeness (QED) is 0.402. The van der Waals surface area contributed by atoms with Crippen LogP contribution in [0.15, 0.2) is 114 Å². The predicted octanol–water partition coefficient (Wildman–Crippen LogP) is 6.08. The molecule has 1 atom stereocenters. The van der Waals surface area contributed by atoms with Crippen molar-refractivity contribution in [2.75, 3.05) is 7.11 Å². The number of aliphatic imine (C=N–C) groups is 1. The molecule has 152 valence electrons. The number of rotatable bonds is 5. The van der Waals surface area contributed by atoms with Crippen molar-refractivity contribution in [3.05, 3.63) is 126 Å². The lowest BCUT2D eigenvalue weighted by Gasteiger charge is -2.30. The Bertz CT molecular complexity index is 1200. The van der Waals surface area contributed by atoms with Gasteiger partial charge in [0.2, 0.25) is 5.90 Å². The van der Waals surface area contributed by atoms with Crippen LogP contribution in [-0.4, -0.2) is 13.0 Å². The third-order valence-corrected chi connectivity index (χ3v) is 5.21. The molecule has 0 radical (unpaired) electrons. The summed E-state index contributed by atoms with van der Waals surface area (Å²) < 4.78 is 18.4. The van der Waals surface area contributed by atoms with E-state index >= 15 is 0 Å². The van der Waals surface area contributed by atoms with E-state index in [0.29, 0.717) is 11.6 Å². The minimum atomic E-state index is -1.13. The van der Waals surface area contributed by atoms with Crippen LogP contribution in [-0.2, 0) is 10.5 Å². The van der Waals surface area contributed by atoms with Gasteiger partial charge in [-0.2, -0.15) is 0 Å². The van der Waals surface area contributed by atoms with Crippen LogP contribution in [0.1, 0.15) is 16.7 Å². The van der Waals surface area contributed by atoms with Crippen molar-refractivity contribution in [2.24, 2.45) is 4.99 Å². The lowest BCUT2D eigenvalue weighted by atomic mass is 9.95. The van der Waals surface area contributed by atoms with E-state index in [2.05, 4.69) is 0 Å². The molecule has 0 N–H and O–H groups in total. The standard InChI is InChI=1S/C27H21NO3/c1-29-22-18-16-21(17-19-22)28-26-24-14-8-9-15-25(24)27(31-26,20-10-4-2-5-11-20)30-23-12-6-3-7-13-23/h2-19H,1H3. The Kier molecular flexibility index (Phi) is 4.89. The molecule has 4 aromatic rings. The Hall–Kier alpha value is -4.05. The average Bonchev–Trinajstić information content (AvgIpc) is 3.15. The van der Waals surface area contributed by atoms with Gasteiger partial charge in [-0.1, -0.05) is 66.7 Å². The van der Waals surface area contributed by atoms with E-state index in [0.717, 1.165) is 28.1 Å². The first-order valence-corrected chi connectivity index (χ1v) is 10.1. The molecule has 1 unspecified atom stereocenters. The third kappa shape index (κ3) is 3.53. The molecule has 0 aliphatic carbocycles.